The van der Waals surface area contributed by atoms with Crippen molar-refractivity contribution in [2.45, 2.75) is 39.5 Å². The third-order valence-electron chi connectivity index (χ3n) is 6.48. The van der Waals surface area contributed by atoms with Gasteiger partial charge in [-0.2, -0.15) is 0 Å². The maximum atomic E-state index is 13.2. The van der Waals surface area contributed by atoms with Gasteiger partial charge in [-0.1, -0.05) is 30.3 Å². The molecule has 0 saturated carbocycles. The van der Waals surface area contributed by atoms with Crippen LogP contribution in [0.15, 0.2) is 48.5 Å². The Bertz CT molecular complexity index is 1040. The van der Waals surface area contributed by atoms with Crippen LogP contribution in [-0.4, -0.2) is 63.9 Å². The molecule has 0 aliphatic carbocycles. The Balaban J connectivity index is 1.66. The van der Waals surface area contributed by atoms with Gasteiger partial charge in [0.2, 0.25) is 0 Å². The number of rotatable bonds is 13. The Kier molecular flexibility index (Phi) is 11.9. The fourth-order valence-electron chi connectivity index (χ4n) is 4.55. The average molecular weight is 525 g/mol. The predicted molar refractivity (Wildman–Crippen MR) is 149 cm³/mol. The quantitative estimate of drug-likeness (QED) is 0.270. The first-order chi connectivity index (χ1) is 18.5. The normalized spacial score (nSPS) is 13.6. The van der Waals surface area contributed by atoms with Gasteiger partial charge in [0.05, 0.1) is 12.2 Å². The van der Waals surface area contributed by atoms with Crippen LogP contribution < -0.4 is 20.9 Å². The van der Waals surface area contributed by atoms with Crippen molar-refractivity contribution in [2.75, 3.05) is 56.2 Å². The summed E-state index contributed by atoms with van der Waals surface area (Å²) in [7, 11) is 0. The summed E-state index contributed by atoms with van der Waals surface area (Å²) in [5.41, 5.74) is 3.18. The molecule has 1 heterocycles. The zero-order valence-electron chi connectivity index (χ0n) is 22.5. The van der Waals surface area contributed by atoms with E-state index in [-0.39, 0.29) is 19.1 Å². The highest BCUT2D eigenvalue weighted by Crippen LogP contribution is 2.30. The summed E-state index contributed by atoms with van der Waals surface area (Å²) in [6.07, 6.45) is 3.86. The van der Waals surface area contributed by atoms with Gasteiger partial charge in [0.1, 0.15) is 6.54 Å². The highest BCUT2D eigenvalue weighted by atomic mass is 16.5. The molecule has 1 fully saturated rings. The van der Waals surface area contributed by atoms with Gasteiger partial charge < -0.3 is 30.3 Å². The summed E-state index contributed by atoms with van der Waals surface area (Å²) in [6.45, 7) is 7.09. The molecular weight excluding hydrogens is 484 g/mol. The van der Waals surface area contributed by atoms with Gasteiger partial charge in [-0.05, 0) is 69.2 Å². The molecule has 38 heavy (non-hydrogen) atoms. The molecule has 1 aliphatic rings. The van der Waals surface area contributed by atoms with Crippen LogP contribution in [0.2, 0.25) is 0 Å². The van der Waals surface area contributed by atoms with Gasteiger partial charge in [-0.25, -0.2) is 4.79 Å². The molecule has 0 unspecified atom stereocenters. The molecule has 9 heteroatoms. The molecule has 0 aromatic heterocycles. The lowest BCUT2D eigenvalue weighted by atomic mass is 9.89. The average Bonchev–Trinajstić information content (AvgIpc) is 2.93. The lowest BCUT2D eigenvalue weighted by molar-refractivity contribution is -0.141. The van der Waals surface area contributed by atoms with E-state index in [0.717, 1.165) is 38.0 Å². The summed E-state index contributed by atoms with van der Waals surface area (Å²) in [4.78, 5) is 39.3. The molecule has 3 amide bonds. The van der Waals surface area contributed by atoms with Gasteiger partial charge in [0, 0.05) is 44.2 Å². The minimum Gasteiger partial charge on any atom is -0.465 e. The van der Waals surface area contributed by atoms with Crippen LogP contribution in [0.25, 0.3) is 0 Å². The standard InChI is InChI=1S/C29H40N4O5/c1-3-37-18-8-15-30-28(35)25-20-24(32-29(36)31-21-27(34)38-4-2)11-12-26(25)33-16-13-23(14-17-33)19-22-9-6-5-7-10-22/h5-7,9-12,20,23H,3-4,8,13-19,21H2,1-2H3,(H,30,35)(H2,31,32,36). The van der Waals surface area contributed by atoms with Gasteiger partial charge in [-0.3, -0.25) is 9.59 Å². The number of esters is 1. The van der Waals surface area contributed by atoms with Crippen LogP contribution in [0, 0.1) is 5.92 Å². The molecular formula is C29H40N4O5. The van der Waals surface area contributed by atoms with Gasteiger partial charge in [0.15, 0.2) is 0 Å². The lowest BCUT2D eigenvalue weighted by Crippen LogP contribution is -2.37. The summed E-state index contributed by atoms with van der Waals surface area (Å²) >= 11 is 0. The van der Waals surface area contributed by atoms with Gasteiger partial charge >= 0.3 is 12.0 Å². The number of carbonyl (C=O) groups excluding carboxylic acids is 3. The van der Waals surface area contributed by atoms with E-state index >= 15 is 0 Å². The monoisotopic (exact) mass is 524 g/mol. The molecule has 0 atom stereocenters. The van der Waals surface area contributed by atoms with Gasteiger partial charge in [0.25, 0.3) is 5.91 Å². The van der Waals surface area contributed by atoms with E-state index in [1.54, 1.807) is 19.1 Å². The summed E-state index contributed by atoms with van der Waals surface area (Å²) in [5.74, 6) is -0.104. The maximum absolute atomic E-state index is 13.2. The van der Waals surface area contributed by atoms with E-state index in [4.69, 9.17) is 9.47 Å². The first-order valence-electron chi connectivity index (χ1n) is 13.5. The topological polar surface area (TPSA) is 109 Å². The molecule has 206 valence electrons. The Morgan fingerprint density at radius 2 is 1.74 bits per heavy atom. The molecule has 0 bridgehead atoms. The molecule has 2 aromatic rings. The number of carbonyl (C=O) groups is 3. The number of hydrogen-bond acceptors (Lipinski definition) is 6. The van der Waals surface area contributed by atoms with Crippen LogP contribution in [0.5, 0.6) is 0 Å². The molecule has 9 nitrogen and oxygen atoms in total. The molecule has 3 rings (SSSR count). The SMILES string of the molecule is CCOCCCNC(=O)c1cc(NC(=O)NCC(=O)OCC)ccc1N1CCC(Cc2ccccc2)CC1. The van der Waals surface area contributed by atoms with Crippen molar-refractivity contribution in [2.24, 2.45) is 5.92 Å². The number of ether oxygens (including phenoxy) is 2. The number of nitrogens with one attached hydrogen (secondary N) is 3. The number of hydrogen-bond donors (Lipinski definition) is 3. The van der Waals surface area contributed by atoms with Crippen molar-refractivity contribution >= 4 is 29.3 Å². The van der Waals surface area contributed by atoms with Crippen molar-refractivity contribution in [3.05, 3.63) is 59.7 Å². The fraction of sp³-hybridized carbons (Fsp3) is 0.483. The van der Waals surface area contributed by atoms with E-state index in [9.17, 15) is 14.4 Å². The number of piperidine rings is 1. The Morgan fingerprint density at radius 1 is 0.974 bits per heavy atom. The van der Waals surface area contributed by atoms with Crippen molar-refractivity contribution in [1.29, 1.82) is 0 Å². The zero-order chi connectivity index (χ0) is 27.2. The van der Waals surface area contributed by atoms with Crippen molar-refractivity contribution in [3.63, 3.8) is 0 Å². The third-order valence-corrected chi connectivity index (χ3v) is 6.48. The number of urea groups is 1. The minimum absolute atomic E-state index is 0.196. The summed E-state index contributed by atoms with van der Waals surface area (Å²) < 4.78 is 10.2. The lowest BCUT2D eigenvalue weighted by Gasteiger charge is -2.35. The number of anilines is 2. The molecule has 0 radical (unpaired) electrons. The minimum atomic E-state index is -0.546. The van der Waals surface area contributed by atoms with Crippen LogP contribution in [-0.2, 0) is 20.7 Å². The maximum Gasteiger partial charge on any atom is 0.325 e. The Hall–Kier alpha value is -3.59. The zero-order valence-corrected chi connectivity index (χ0v) is 22.5. The first kappa shape index (κ1) is 29.0. The van der Waals surface area contributed by atoms with Crippen molar-refractivity contribution < 1.29 is 23.9 Å². The van der Waals surface area contributed by atoms with Crippen molar-refractivity contribution in [3.8, 4) is 0 Å². The van der Waals surface area contributed by atoms with Crippen molar-refractivity contribution in [1.82, 2.24) is 10.6 Å². The Labute approximate surface area is 225 Å². The molecule has 1 saturated heterocycles. The van der Waals surface area contributed by atoms with E-state index in [1.165, 1.54) is 5.56 Å². The second kappa shape index (κ2) is 15.6. The highest BCUT2D eigenvalue weighted by molar-refractivity contribution is 6.02. The molecule has 1 aliphatic heterocycles. The molecule has 3 N–H and O–H groups in total. The fourth-order valence-corrected chi connectivity index (χ4v) is 4.55. The second-order valence-corrected chi connectivity index (χ2v) is 9.27. The van der Waals surface area contributed by atoms with E-state index in [2.05, 4.69) is 45.1 Å². The highest BCUT2D eigenvalue weighted by Gasteiger charge is 2.24. The summed E-state index contributed by atoms with van der Waals surface area (Å²) in [5, 5.41) is 8.16. The molecule has 0 spiro atoms. The smallest absolute Gasteiger partial charge is 0.325 e. The van der Waals surface area contributed by atoms with Crippen LogP contribution >= 0.6 is 0 Å². The van der Waals surface area contributed by atoms with Crippen LogP contribution in [0.4, 0.5) is 16.2 Å². The van der Waals surface area contributed by atoms with E-state index in [1.807, 2.05) is 19.1 Å². The van der Waals surface area contributed by atoms with E-state index in [0.29, 0.717) is 43.3 Å². The largest absolute Gasteiger partial charge is 0.465 e. The third kappa shape index (κ3) is 9.37. The predicted octanol–water partition coefficient (Wildman–Crippen LogP) is 3.99. The number of benzene rings is 2. The summed E-state index contributed by atoms with van der Waals surface area (Å²) in [6, 6.07) is 15.4. The number of nitrogens with zero attached hydrogens (tertiary/aromatic N) is 1. The molecule has 2 aromatic carbocycles. The second-order valence-electron chi connectivity index (χ2n) is 9.27. The van der Waals surface area contributed by atoms with E-state index < -0.39 is 12.0 Å². The first-order valence-corrected chi connectivity index (χ1v) is 13.5. The Morgan fingerprint density at radius 3 is 2.45 bits per heavy atom. The van der Waals surface area contributed by atoms with Crippen LogP contribution in [0.1, 0.15) is 49.0 Å². The van der Waals surface area contributed by atoms with Crippen LogP contribution in [0.3, 0.4) is 0 Å². The van der Waals surface area contributed by atoms with Gasteiger partial charge in [-0.15, -0.1) is 0 Å². The number of amides is 3.